The molecule has 0 aliphatic carbocycles. The molecule has 0 fully saturated rings. The van der Waals surface area contributed by atoms with E-state index in [0.29, 0.717) is 17.3 Å². The lowest BCUT2D eigenvalue weighted by Gasteiger charge is -2.10. The largest absolute Gasteiger partial charge is 0.489 e. The molecule has 2 aromatic rings. The van der Waals surface area contributed by atoms with Gasteiger partial charge < -0.3 is 15.2 Å². The third kappa shape index (κ3) is 3.89. The Kier molecular flexibility index (Phi) is 5.27. The monoisotopic (exact) mass is 291 g/mol. The highest BCUT2D eigenvalue weighted by molar-refractivity contribution is 6.31. The number of rotatable bonds is 6. The first kappa shape index (κ1) is 14.7. The molecule has 106 valence electrons. The van der Waals surface area contributed by atoms with Crippen LogP contribution in [0.4, 0.5) is 5.69 Å². The molecule has 2 N–H and O–H groups in total. The molecule has 0 unspecified atom stereocenters. The molecule has 0 aromatic heterocycles. The first-order chi connectivity index (χ1) is 9.70. The van der Waals surface area contributed by atoms with Crippen molar-refractivity contribution in [3.8, 4) is 5.75 Å². The molecule has 0 atom stereocenters. The van der Waals surface area contributed by atoms with Gasteiger partial charge in [-0.2, -0.15) is 0 Å². The van der Waals surface area contributed by atoms with E-state index in [9.17, 15) is 0 Å². The van der Waals surface area contributed by atoms with E-state index in [4.69, 9.17) is 26.8 Å². The lowest BCUT2D eigenvalue weighted by Crippen LogP contribution is -2.01. The third-order valence-electron chi connectivity index (χ3n) is 3.06. The summed E-state index contributed by atoms with van der Waals surface area (Å²) < 4.78 is 10.8. The van der Waals surface area contributed by atoms with Crippen molar-refractivity contribution in [2.75, 3.05) is 19.5 Å². The smallest absolute Gasteiger partial charge is 0.119 e. The average Bonchev–Trinajstić information content (AvgIpc) is 2.46. The average molecular weight is 292 g/mol. The van der Waals surface area contributed by atoms with Gasteiger partial charge in [-0.25, -0.2) is 0 Å². The number of nitrogen functional groups attached to an aromatic ring is 1. The van der Waals surface area contributed by atoms with Crippen molar-refractivity contribution in [1.82, 2.24) is 0 Å². The lowest BCUT2D eigenvalue weighted by atomic mass is 10.1. The summed E-state index contributed by atoms with van der Waals surface area (Å²) in [4.78, 5) is 0. The zero-order chi connectivity index (χ0) is 14.4. The summed E-state index contributed by atoms with van der Waals surface area (Å²) in [5.74, 6) is 0.797. The van der Waals surface area contributed by atoms with Crippen LogP contribution in [0.25, 0.3) is 0 Å². The Morgan fingerprint density at radius 3 is 2.50 bits per heavy atom. The van der Waals surface area contributed by atoms with Crippen LogP contribution in [-0.4, -0.2) is 13.7 Å². The number of hydrogen-bond donors (Lipinski definition) is 1. The maximum absolute atomic E-state index is 6.10. The minimum absolute atomic E-state index is 0.364. The molecule has 20 heavy (non-hydrogen) atoms. The Morgan fingerprint density at radius 1 is 1.10 bits per heavy atom. The minimum Gasteiger partial charge on any atom is -0.489 e. The molecule has 0 aliphatic rings. The number of methoxy groups -OCH3 is 1. The molecule has 0 heterocycles. The van der Waals surface area contributed by atoms with Crippen LogP contribution in [0.15, 0.2) is 42.5 Å². The Bertz CT molecular complexity index is 535. The van der Waals surface area contributed by atoms with Crippen LogP contribution in [0.1, 0.15) is 11.1 Å². The zero-order valence-electron chi connectivity index (χ0n) is 11.4. The quantitative estimate of drug-likeness (QED) is 0.826. The van der Waals surface area contributed by atoms with Crippen molar-refractivity contribution in [2.24, 2.45) is 0 Å². The van der Waals surface area contributed by atoms with Gasteiger partial charge in [-0.15, -0.1) is 0 Å². The molecule has 0 saturated heterocycles. The summed E-state index contributed by atoms with van der Waals surface area (Å²) in [6.45, 7) is 1.08. The van der Waals surface area contributed by atoms with E-state index >= 15 is 0 Å². The normalized spacial score (nSPS) is 10.5. The van der Waals surface area contributed by atoms with Crippen molar-refractivity contribution in [3.63, 3.8) is 0 Å². The fourth-order valence-electron chi connectivity index (χ4n) is 1.86. The van der Waals surface area contributed by atoms with Crippen LogP contribution >= 0.6 is 11.6 Å². The van der Waals surface area contributed by atoms with Gasteiger partial charge in [-0.3, -0.25) is 0 Å². The number of halogens is 1. The molecular formula is C16H18ClNO2. The Hall–Kier alpha value is -1.71. The van der Waals surface area contributed by atoms with Gasteiger partial charge in [0.15, 0.2) is 0 Å². The third-order valence-corrected chi connectivity index (χ3v) is 3.41. The molecule has 0 spiro atoms. The van der Waals surface area contributed by atoms with Crippen molar-refractivity contribution in [3.05, 3.63) is 58.6 Å². The van der Waals surface area contributed by atoms with Crippen LogP contribution < -0.4 is 10.5 Å². The summed E-state index contributed by atoms with van der Waals surface area (Å²) in [5, 5.41) is 0.627. The molecule has 0 aliphatic heterocycles. The highest BCUT2D eigenvalue weighted by Gasteiger charge is 2.05. The number of anilines is 1. The minimum atomic E-state index is 0.364. The molecule has 4 heteroatoms. The second kappa shape index (κ2) is 7.17. The summed E-state index contributed by atoms with van der Waals surface area (Å²) in [7, 11) is 1.70. The SMILES string of the molecule is COCCc1ccc(OCc2c(N)cccc2Cl)cc1. The predicted molar refractivity (Wildman–Crippen MR) is 82.2 cm³/mol. The molecule has 0 radical (unpaired) electrons. The van der Waals surface area contributed by atoms with Gasteiger partial charge in [0.25, 0.3) is 0 Å². The molecule has 0 amide bonds. The van der Waals surface area contributed by atoms with E-state index in [2.05, 4.69) is 0 Å². The van der Waals surface area contributed by atoms with Crippen LogP contribution in [0.5, 0.6) is 5.75 Å². The van der Waals surface area contributed by atoms with Crippen LogP contribution in [0.2, 0.25) is 5.02 Å². The second-order valence-corrected chi connectivity index (χ2v) is 4.89. The second-order valence-electron chi connectivity index (χ2n) is 4.48. The van der Waals surface area contributed by atoms with Gasteiger partial charge in [-0.1, -0.05) is 29.8 Å². The molecule has 0 saturated carbocycles. The van der Waals surface area contributed by atoms with Crippen molar-refractivity contribution in [1.29, 1.82) is 0 Å². The summed E-state index contributed by atoms with van der Waals surface area (Å²) in [6, 6.07) is 13.4. The topological polar surface area (TPSA) is 44.5 Å². The fourth-order valence-corrected chi connectivity index (χ4v) is 2.09. The van der Waals surface area contributed by atoms with Crippen LogP contribution in [0.3, 0.4) is 0 Å². The fraction of sp³-hybridized carbons (Fsp3) is 0.250. The zero-order valence-corrected chi connectivity index (χ0v) is 12.2. The van der Waals surface area contributed by atoms with Gasteiger partial charge in [0.2, 0.25) is 0 Å². The van der Waals surface area contributed by atoms with E-state index in [1.807, 2.05) is 42.5 Å². The molecule has 2 rings (SSSR count). The van der Waals surface area contributed by atoms with Gasteiger partial charge in [-0.05, 0) is 36.2 Å². The Labute approximate surface area is 124 Å². The number of nitrogens with two attached hydrogens (primary N) is 1. The summed E-state index contributed by atoms with van der Waals surface area (Å²) >= 11 is 6.10. The van der Waals surface area contributed by atoms with Gasteiger partial charge >= 0.3 is 0 Å². The lowest BCUT2D eigenvalue weighted by molar-refractivity contribution is 0.202. The standard InChI is InChI=1S/C16H18ClNO2/c1-19-10-9-12-5-7-13(8-6-12)20-11-14-15(17)3-2-4-16(14)18/h2-8H,9-11,18H2,1H3. The number of ether oxygens (including phenoxy) is 2. The number of benzene rings is 2. The number of hydrogen-bond acceptors (Lipinski definition) is 3. The van der Waals surface area contributed by atoms with E-state index in [0.717, 1.165) is 24.3 Å². The highest BCUT2D eigenvalue weighted by atomic mass is 35.5. The van der Waals surface area contributed by atoms with E-state index in [-0.39, 0.29) is 0 Å². The van der Waals surface area contributed by atoms with E-state index in [1.165, 1.54) is 5.56 Å². The summed E-state index contributed by atoms with van der Waals surface area (Å²) in [5.41, 5.74) is 8.57. The van der Waals surface area contributed by atoms with Crippen molar-refractivity contribution >= 4 is 17.3 Å². The van der Waals surface area contributed by atoms with Crippen LogP contribution in [-0.2, 0) is 17.8 Å². The van der Waals surface area contributed by atoms with Crippen molar-refractivity contribution in [2.45, 2.75) is 13.0 Å². The maximum Gasteiger partial charge on any atom is 0.119 e. The molecule has 0 bridgehead atoms. The molecule has 2 aromatic carbocycles. The van der Waals surface area contributed by atoms with E-state index < -0.39 is 0 Å². The first-order valence-corrected chi connectivity index (χ1v) is 6.82. The predicted octanol–water partition coefficient (Wildman–Crippen LogP) is 3.69. The van der Waals surface area contributed by atoms with Gasteiger partial charge in [0, 0.05) is 23.4 Å². The maximum atomic E-state index is 6.10. The van der Waals surface area contributed by atoms with Crippen molar-refractivity contribution < 1.29 is 9.47 Å². The Balaban J connectivity index is 1.97. The van der Waals surface area contributed by atoms with Crippen LogP contribution in [0, 0.1) is 0 Å². The van der Waals surface area contributed by atoms with E-state index in [1.54, 1.807) is 7.11 Å². The van der Waals surface area contributed by atoms with Gasteiger partial charge in [0.05, 0.1) is 6.61 Å². The Morgan fingerprint density at radius 2 is 1.85 bits per heavy atom. The van der Waals surface area contributed by atoms with Gasteiger partial charge in [0.1, 0.15) is 12.4 Å². The molecular weight excluding hydrogens is 274 g/mol. The highest BCUT2D eigenvalue weighted by Crippen LogP contribution is 2.24. The summed E-state index contributed by atoms with van der Waals surface area (Å²) in [6.07, 6.45) is 0.897. The first-order valence-electron chi connectivity index (χ1n) is 6.44. The molecule has 3 nitrogen and oxygen atoms in total.